The molecule has 0 amide bonds. The van der Waals surface area contributed by atoms with Gasteiger partial charge in [0.25, 0.3) is 0 Å². The van der Waals surface area contributed by atoms with Gasteiger partial charge in [-0.25, -0.2) is 0 Å². The minimum Gasteiger partial charge on any atom is -0.397 e. The second-order valence-electron chi connectivity index (χ2n) is 13.6. The van der Waals surface area contributed by atoms with E-state index in [2.05, 4.69) is 0 Å². The molecule has 318 valence electrons. The zero-order valence-corrected chi connectivity index (χ0v) is 36.3. The molecule has 6 heteroatoms. The Labute approximate surface area is 323 Å². The molecule has 0 bridgehead atoms. The molecule has 0 aliphatic heterocycles. The molecule has 0 atom stereocenters. The van der Waals surface area contributed by atoms with Gasteiger partial charge in [-0.15, -0.1) is 0 Å². The van der Waals surface area contributed by atoms with Gasteiger partial charge in [-0.1, -0.05) is 212 Å². The van der Waals surface area contributed by atoms with Crippen LogP contribution in [0, 0.1) is 0 Å². The third-order valence-corrected chi connectivity index (χ3v) is 8.25. The van der Waals surface area contributed by atoms with E-state index in [0.29, 0.717) is 0 Å². The van der Waals surface area contributed by atoms with Crippen molar-refractivity contribution >= 4 is 0 Å². The summed E-state index contributed by atoms with van der Waals surface area (Å²) in [6, 6.07) is 0. The zero-order valence-electron chi connectivity index (χ0n) is 36.3. The highest BCUT2D eigenvalue weighted by atomic mass is 16.3. The molecule has 1 saturated carbocycles. The summed E-state index contributed by atoms with van der Waals surface area (Å²) in [4.78, 5) is 0. The fourth-order valence-corrected chi connectivity index (χ4v) is 5.83. The van der Waals surface area contributed by atoms with E-state index in [1.165, 1.54) is 212 Å². The predicted octanol–water partition coefficient (Wildman–Crippen LogP) is 12.9. The molecule has 1 fully saturated rings. The maximum Gasteiger partial charge on any atom is 0.0402 e. The molecular formula is C45H102O6. The van der Waals surface area contributed by atoms with Gasteiger partial charge in [-0.2, -0.15) is 0 Å². The highest BCUT2D eigenvalue weighted by molar-refractivity contribution is 4.53. The van der Waals surface area contributed by atoms with Crippen molar-refractivity contribution in [3.05, 3.63) is 0 Å². The number of aliphatic hydroxyl groups excluding tert-OH is 6. The second-order valence-corrected chi connectivity index (χ2v) is 13.6. The smallest absolute Gasteiger partial charge is 0.0402 e. The van der Waals surface area contributed by atoms with Gasteiger partial charge >= 0.3 is 0 Å². The molecule has 6 nitrogen and oxygen atoms in total. The quantitative estimate of drug-likeness (QED) is 0.147. The van der Waals surface area contributed by atoms with Crippen LogP contribution in [0.3, 0.4) is 0 Å². The first-order chi connectivity index (χ1) is 25.0. The highest BCUT2D eigenvalue weighted by Gasteiger charge is 1.98. The molecule has 0 aromatic heterocycles. The SMILES string of the molecule is C1CCCCCCCCCCCCCCCCCCCCCCCCCCCCCCCC1.CCO.CCO.CCO.CCO.CCO.CCO. The predicted molar refractivity (Wildman–Crippen MR) is 229 cm³/mol. The van der Waals surface area contributed by atoms with E-state index in [1.54, 1.807) is 41.5 Å². The van der Waals surface area contributed by atoms with Crippen LogP contribution in [0.5, 0.6) is 0 Å². The van der Waals surface area contributed by atoms with Gasteiger partial charge < -0.3 is 30.6 Å². The topological polar surface area (TPSA) is 121 Å². The molecule has 1 aliphatic carbocycles. The summed E-state index contributed by atoms with van der Waals surface area (Å²) in [5.74, 6) is 0. The minimum absolute atomic E-state index is 0.250. The molecule has 1 rings (SSSR count). The van der Waals surface area contributed by atoms with Crippen LogP contribution in [0.1, 0.15) is 253 Å². The summed E-state index contributed by atoms with van der Waals surface area (Å²) in [5.41, 5.74) is 0. The van der Waals surface area contributed by atoms with Gasteiger partial charge in [0.2, 0.25) is 0 Å². The van der Waals surface area contributed by atoms with Crippen LogP contribution in [-0.2, 0) is 0 Å². The van der Waals surface area contributed by atoms with Crippen LogP contribution in [0.15, 0.2) is 0 Å². The van der Waals surface area contributed by atoms with Crippen molar-refractivity contribution in [3.8, 4) is 0 Å². The Morgan fingerprint density at radius 3 is 0.196 bits per heavy atom. The van der Waals surface area contributed by atoms with E-state index in [0.717, 1.165) is 0 Å². The van der Waals surface area contributed by atoms with Crippen LogP contribution in [0.25, 0.3) is 0 Å². The van der Waals surface area contributed by atoms with E-state index >= 15 is 0 Å². The lowest BCUT2D eigenvalue weighted by atomic mass is 10.0. The van der Waals surface area contributed by atoms with Crippen molar-refractivity contribution in [3.63, 3.8) is 0 Å². The third kappa shape index (κ3) is 106. The Hall–Kier alpha value is -0.240. The van der Waals surface area contributed by atoms with Crippen molar-refractivity contribution in [2.75, 3.05) is 39.6 Å². The van der Waals surface area contributed by atoms with E-state index in [1.807, 2.05) is 0 Å². The average Bonchev–Trinajstić information content (AvgIpc) is 3.09. The molecule has 51 heavy (non-hydrogen) atoms. The first kappa shape index (κ1) is 62.7. The molecule has 6 N–H and O–H groups in total. The summed E-state index contributed by atoms with van der Waals surface area (Å²) in [6.07, 6.45) is 49.5. The van der Waals surface area contributed by atoms with Crippen molar-refractivity contribution < 1.29 is 30.6 Å². The van der Waals surface area contributed by atoms with E-state index in [4.69, 9.17) is 30.6 Å². The maximum absolute atomic E-state index is 7.57. The molecular weight excluding hydrogens is 636 g/mol. The normalized spacial score (nSPS) is 17.6. The Kier molecular flexibility index (Phi) is 96.9. The van der Waals surface area contributed by atoms with E-state index in [9.17, 15) is 0 Å². The Balaban J connectivity index is -0.000000234. The van der Waals surface area contributed by atoms with Crippen LogP contribution >= 0.6 is 0 Å². The summed E-state index contributed by atoms with van der Waals surface area (Å²) >= 11 is 0. The molecule has 0 spiro atoms. The summed E-state index contributed by atoms with van der Waals surface area (Å²) in [7, 11) is 0. The molecule has 0 saturated heterocycles. The van der Waals surface area contributed by atoms with Crippen LogP contribution in [0.4, 0.5) is 0 Å². The zero-order chi connectivity index (χ0) is 39.6. The monoisotopic (exact) mass is 739 g/mol. The molecule has 0 radical (unpaired) electrons. The van der Waals surface area contributed by atoms with Crippen LogP contribution < -0.4 is 0 Å². The van der Waals surface area contributed by atoms with Crippen LogP contribution in [0.2, 0.25) is 0 Å². The lowest BCUT2D eigenvalue weighted by molar-refractivity contribution is 0.318. The standard InChI is InChI=1S/C33H66.6C2H6O/c1-2-4-6-8-10-12-14-16-18-20-22-24-26-28-30-32-33-31-29-27-25-23-21-19-17-15-13-11-9-7-5-3-1;6*1-2-3/h1-33H2;6*3H,2H2,1H3. The summed E-state index contributed by atoms with van der Waals surface area (Å²) in [6.45, 7) is 11.6. The van der Waals surface area contributed by atoms with Gasteiger partial charge in [0.15, 0.2) is 0 Å². The average molecular weight is 739 g/mol. The van der Waals surface area contributed by atoms with Gasteiger partial charge in [0, 0.05) is 39.6 Å². The van der Waals surface area contributed by atoms with Crippen LogP contribution in [-0.4, -0.2) is 70.3 Å². The van der Waals surface area contributed by atoms with Crippen molar-refractivity contribution in [1.29, 1.82) is 0 Å². The fourth-order valence-electron chi connectivity index (χ4n) is 5.83. The molecule has 0 heterocycles. The van der Waals surface area contributed by atoms with E-state index in [-0.39, 0.29) is 39.6 Å². The van der Waals surface area contributed by atoms with Crippen molar-refractivity contribution in [1.82, 2.24) is 0 Å². The van der Waals surface area contributed by atoms with Gasteiger partial charge in [0.05, 0.1) is 0 Å². The minimum atomic E-state index is 0.250. The lowest BCUT2D eigenvalue weighted by Gasteiger charge is -2.04. The fraction of sp³-hybridized carbons (Fsp3) is 1.00. The van der Waals surface area contributed by atoms with E-state index < -0.39 is 0 Å². The number of aliphatic hydroxyl groups is 6. The Morgan fingerprint density at radius 1 is 0.157 bits per heavy atom. The number of hydrogen-bond acceptors (Lipinski definition) is 6. The summed E-state index contributed by atoms with van der Waals surface area (Å²) < 4.78 is 0. The highest BCUT2D eigenvalue weighted by Crippen LogP contribution is 2.17. The first-order valence-corrected chi connectivity index (χ1v) is 22.6. The first-order valence-electron chi connectivity index (χ1n) is 22.6. The van der Waals surface area contributed by atoms with Gasteiger partial charge in [-0.05, 0) is 41.5 Å². The molecule has 0 unspecified atom stereocenters. The van der Waals surface area contributed by atoms with Gasteiger partial charge in [0.1, 0.15) is 0 Å². The van der Waals surface area contributed by atoms with Crippen molar-refractivity contribution in [2.45, 2.75) is 253 Å². The summed E-state index contributed by atoms with van der Waals surface area (Å²) in [5, 5.41) is 45.4. The maximum atomic E-state index is 7.57. The lowest BCUT2D eigenvalue weighted by Crippen LogP contribution is -1.85. The number of hydrogen-bond donors (Lipinski definition) is 6. The van der Waals surface area contributed by atoms with Crippen molar-refractivity contribution in [2.24, 2.45) is 0 Å². The van der Waals surface area contributed by atoms with Gasteiger partial charge in [-0.3, -0.25) is 0 Å². The second kappa shape index (κ2) is 78.7. The molecule has 0 aromatic rings. The Bertz CT molecular complexity index is 257. The molecule has 0 aromatic carbocycles. The largest absolute Gasteiger partial charge is 0.397 e. The number of rotatable bonds is 0. The molecule has 1 aliphatic rings. The third-order valence-electron chi connectivity index (χ3n) is 8.25. The Morgan fingerprint density at radius 2 is 0.176 bits per heavy atom.